The molecular weight excluding hydrogens is 486 g/mol. The highest BCUT2D eigenvalue weighted by Gasteiger charge is 2.25. The Bertz CT molecular complexity index is 1250. The molecule has 8 nitrogen and oxygen atoms in total. The minimum absolute atomic E-state index is 0.0971. The van der Waals surface area contributed by atoms with Gasteiger partial charge in [0.15, 0.2) is 28.0 Å². The molecule has 0 atom stereocenters. The number of aryl methyl sites for hydroxylation is 1. The number of hydrogen-bond acceptors (Lipinski definition) is 7. The topological polar surface area (TPSA) is 121 Å². The molecule has 0 spiro atoms. The van der Waals surface area contributed by atoms with Gasteiger partial charge in [-0.15, -0.1) is 0 Å². The van der Waals surface area contributed by atoms with Gasteiger partial charge in [-0.25, -0.2) is 13.1 Å². The molecule has 0 fully saturated rings. The molecule has 0 amide bonds. The Morgan fingerprint density at radius 1 is 1.13 bits per heavy atom. The molecule has 162 valence electrons. The first-order valence-electron chi connectivity index (χ1n) is 9.11. The number of carbonyl (C=O) groups excluding carboxylic acids is 2. The van der Waals surface area contributed by atoms with Gasteiger partial charge >= 0.3 is 0 Å². The van der Waals surface area contributed by atoms with E-state index in [4.69, 9.17) is 10.5 Å². The minimum Gasteiger partial charge on any atom is -0.469 e. The smallest absolute Gasteiger partial charge is 0.223 e. The lowest BCUT2D eigenvalue weighted by Gasteiger charge is -2.13. The van der Waals surface area contributed by atoms with Gasteiger partial charge in [0.05, 0.1) is 17.6 Å². The first-order chi connectivity index (χ1) is 14.6. The van der Waals surface area contributed by atoms with Gasteiger partial charge in [0.25, 0.3) is 0 Å². The van der Waals surface area contributed by atoms with E-state index in [2.05, 4.69) is 21.0 Å². The van der Waals surface area contributed by atoms with Crippen LogP contribution in [0.2, 0.25) is 0 Å². The Balaban J connectivity index is 1.94. The number of hydrogen-bond donors (Lipinski definition) is 1. The number of rotatable bonds is 8. The van der Waals surface area contributed by atoms with Crippen molar-refractivity contribution in [3.8, 4) is 5.88 Å². The normalized spacial score (nSPS) is 11.3. The SMILES string of the molecule is Cn1ncc(C(=O)c2ccc(Br)c(N)c2CS(C)(=O)=O)c1OCC(=O)c1ccccc1. The lowest BCUT2D eigenvalue weighted by molar-refractivity contribution is 0.0908. The van der Waals surface area contributed by atoms with Crippen molar-refractivity contribution >= 4 is 43.0 Å². The molecule has 0 aliphatic carbocycles. The van der Waals surface area contributed by atoms with Crippen LogP contribution in [-0.4, -0.2) is 42.6 Å². The van der Waals surface area contributed by atoms with Crippen LogP contribution in [0.5, 0.6) is 5.88 Å². The molecule has 31 heavy (non-hydrogen) atoms. The Morgan fingerprint density at radius 3 is 2.45 bits per heavy atom. The van der Waals surface area contributed by atoms with Crippen molar-refractivity contribution in [3.63, 3.8) is 0 Å². The lowest BCUT2D eigenvalue weighted by Crippen LogP contribution is -2.16. The van der Waals surface area contributed by atoms with Crippen LogP contribution in [0, 0.1) is 0 Å². The van der Waals surface area contributed by atoms with E-state index in [0.29, 0.717) is 10.0 Å². The van der Waals surface area contributed by atoms with Gasteiger partial charge in [0, 0.05) is 34.5 Å². The Kier molecular flexibility index (Phi) is 6.61. The number of nitrogens with zero attached hydrogens (tertiary/aromatic N) is 2. The number of nitrogens with two attached hydrogens (primary N) is 1. The fourth-order valence-electron chi connectivity index (χ4n) is 3.01. The second-order valence-electron chi connectivity index (χ2n) is 6.95. The Hall–Kier alpha value is -2.98. The summed E-state index contributed by atoms with van der Waals surface area (Å²) in [7, 11) is -1.89. The zero-order chi connectivity index (χ0) is 22.8. The van der Waals surface area contributed by atoms with E-state index < -0.39 is 21.4 Å². The van der Waals surface area contributed by atoms with Crippen LogP contribution in [-0.2, 0) is 22.6 Å². The maximum atomic E-state index is 13.3. The lowest BCUT2D eigenvalue weighted by atomic mass is 9.99. The number of halogens is 1. The summed E-state index contributed by atoms with van der Waals surface area (Å²) in [5, 5.41) is 4.06. The maximum Gasteiger partial charge on any atom is 0.223 e. The third-order valence-corrected chi connectivity index (χ3v) is 6.02. The van der Waals surface area contributed by atoms with E-state index >= 15 is 0 Å². The summed E-state index contributed by atoms with van der Waals surface area (Å²) < 4.78 is 31.3. The van der Waals surface area contributed by atoms with Crippen molar-refractivity contribution in [2.45, 2.75) is 5.75 Å². The van der Waals surface area contributed by atoms with E-state index in [1.165, 1.54) is 16.9 Å². The highest BCUT2D eigenvalue weighted by Crippen LogP contribution is 2.31. The summed E-state index contributed by atoms with van der Waals surface area (Å²) in [5.74, 6) is -1.07. The predicted octanol–water partition coefficient (Wildman–Crippen LogP) is 2.80. The van der Waals surface area contributed by atoms with Crippen LogP contribution in [0.15, 0.2) is 53.1 Å². The quantitative estimate of drug-likeness (QED) is 0.368. The number of ether oxygens (including phenoxy) is 1. The molecule has 0 saturated carbocycles. The molecule has 0 aliphatic heterocycles. The monoisotopic (exact) mass is 505 g/mol. The van der Waals surface area contributed by atoms with Crippen LogP contribution in [0.3, 0.4) is 0 Å². The maximum absolute atomic E-state index is 13.3. The van der Waals surface area contributed by atoms with E-state index in [1.807, 2.05) is 0 Å². The van der Waals surface area contributed by atoms with E-state index in [1.54, 1.807) is 43.4 Å². The molecule has 1 aromatic heterocycles. The highest BCUT2D eigenvalue weighted by atomic mass is 79.9. The number of anilines is 1. The number of ketones is 2. The summed E-state index contributed by atoms with van der Waals surface area (Å²) in [5.41, 5.74) is 7.11. The largest absolute Gasteiger partial charge is 0.469 e. The third kappa shape index (κ3) is 5.20. The first-order valence-corrected chi connectivity index (χ1v) is 12.0. The number of carbonyl (C=O) groups is 2. The van der Waals surface area contributed by atoms with E-state index in [0.717, 1.165) is 6.26 Å². The Labute approximate surface area is 188 Å². The van der Waals surface area contributed by atoms with Gasteiger partial charge < -0.3 is 10.5 Å². The van der Waals surface area contributed by atoms with Crippen molar-refractivity contribution in [1.29, 1.82) is 0 Å². The number of sulfone groups is 1. The number of Topliss-reactive ketones (excluding diaryl/α,β-unsaturated/α-hetero) is 1. The molecular formula is C21H20BrN3O5S. The molecule has 2 aromatic carbocycles. The molecule has 0 aliphatic rings. The third-order valence-electron chi connectivity index (χ3n) is 4.52. The molecule has 0 saturated heterocycles. The minimum atomic E-state index is -3.46. The zero-order valence-electron chi connectivity index (χ0n) is 16.8. The van der Waals surface area contributed by atoms with Gasteiger partial charge in [-0.2, -0.15) is 5.10 Å². The average Bonchev–Trinajstić information content (AvgIpc) is 3.09. The molecule has 3 aromatic rings. The van der Waals surface area contributed by atoms with Crippen LogP contribution < -0.4 is 10.5 Å². The second-order valence-corrected chi connectivity index (χ2v) is 9.95. The molecule has 1 heterocycles. The fourth-order valence-corrected chi connectivity index (χ4v) is 4.21. The van der Waals surface area contributed by atoms with Gasteiger partial charge in [-0.3, -0.25) is 9.59 Å². The molecule has 0 unspecified atom stereocenters. The summed E-state index contributed by atoms with van der Waals surface area (Å²) >= 11 is 3.26. The van der Waals surface area contributed by atoms with Crippen molar-refractivity contribution in [2.75, 3.05) is 18.6 Å². The molecule has 3 rings (SSSR count). The molecule has 0 radical (unpaired) electrons. The van der Waals surface area contributed by atoms with Crippen LogP contribution >= 0.6 is 15.9 Å². The predicted molar refractivity (Wildman–Crippen MR) is 120 cm³/mol. The van der Waals surface area contributed by atoms with Crippen molar-refractivity contribution in [1.82, 2.24) is 9.78 Å². The van der Waals surface area contributed by atoms with Crippen LogP contribution in [0.4, 0.5) is 5.69 Å². The van der Waals surface area contributed by atoms with E-state index in [-0.39, 0.29) is 40.6 Å². The van der Waals surface area contributed by atoms with Crippen molar-refractivity contribution in [2.24, 2.45) is 7.05 Å². The van der Waals surface area contributed by atoms with Crippen LogP contribution in [0.25, 0.3) is 0 Å². The summed E-state index contributed by atoms with van der Waals surface area (Å²) in [6, 6.07) is 11.7. The standard InChI is InChI=1S/C21H20BrN3O5S/c1-25-21(30-11-18(26)13-6-4-3-5-7-13)15(10-24-25)20(27)14-8-9-17(22)19(23)16(14)12-31(2,28)29/h3-10H,11-12,23H2,1-2H3. The zero-order valence-corrected chi connectivity index (χ0v) is 19.2. The highest BCUT2D eigenvalue weighted by molar-refractivity contribution is 9.10. The summed E-state index contributed by atoms with van der Waals surface area (Å²) in [6.45, 7) is -0.289. The van der Waals surface area contributed by atoms with Gasteiger partial charge in [-0.05, 0) is 28.1 Å². The molecule has 2 N–H and O–H groups in total. The number of nitrogen functional groups attached to an aromatic ring is 1. The van der Waals surface area contributed by atoms with Gasteiger partial charge in [0.2, 0.25) is 5.88 Å². The Morgan fingerprint density at radius 2 is 1.81 bits per heavy atom. The fraction of sp³-hybridized carbons (Fsp3) is 0.190. The van der Waals surface area contributed by atoms with Crippen LogP contribution in [0.1, 0.15) is 31.8 Å². The second kappa shape index (κ2) is 9.03. The average molecular weight is 506 g/mol. The van der Waals surface area contributed by atoms with Crippen molar-refractivity contribution < 1.29 is 22.7 Å². The molecule has 0 bridgehead atoms. The summed E-state index contributed by atoms with van der Waals surface area (Å²) in [4.78, 5) is 25.6. The first kappa shape index (κ1) is 22.7. The number of benzene rings is 2. The number of aromatic nitrogens is 2. The summed E-state index contributed by atoms with van der Waals surface area (Å²) in [6.07, 6.45) is 2.38. The van der Waals surface area contributed by atoms with Gasteiger partial charge in [0.1, 0.15) is 5.56 Å². The van der Waals surface area contributed by atoms with Gasteiger partial charge in [-0.1, -0.05) is 30.3 Å². The van der Waals surface area contributed by atoms with E-state index in [9.17, 15) is 18.0 Å². The van der Waals surface area contributed by atoms with Crippen molar-refractivity contribution in [3.05, 3.63) is 75.4 Å². The molecule has 10 heteroatoms.